The number of hydrogen-bond donors (Lipinski definition) is 2. The Morgan fingerprint density at radius 2 is 2.14 bits per heavy atom. The molecule has 0 bridgehead atoms. The van der Waals surface area contributed by atoms with Crippen LogP contribution in [-0.2, 0) is 16.6 Å². The molecule has 2 N–H and O–H groups in total. The smallest absolute Gasteiger partial charge is 0.337 e. The maximum Gasteiger partial charge on any atom is 0.337 e. The molecule has 0 saturated carbocycles. The normalized spacial score (nSPS) is 11.5. The van der Waals surface area contributed by atoms with Crippen LogP contribution in [0.2, 0.25) is 5.02 Å². The van der Waals surface area contributed by atoms with E-state index in [1.165, 1.54) is 6.26 Å². The van der Waals surface area contributed by atoms with Crippen molar-refractivity contribution in [1.29, 1.82) is 0 Å². The number of rotatable bonds is 5. The molecule has 0 aliphatic carbocycles. The molecule has 0 aliphatic rings. The molecule has 0 fully saturated rings. The second kappa shape index (κ2) is 5.84. The maximum absolute atomic E-state index is 13.5. The number of carbonyl (C=O) groups is 1. The molecule has 0 aliphatic heterocycles. The Bertz CT molecular complexity index is 773. The van der Waals surface area contributed by atoms with Crippen LogP contribution in [0.25, 0.3) is 0 Å². The second-order valence-corrected chi connectivity index (χ2v) is 6.12. The molecule has 0 unspecified atom stereocenters. The van der Waals surface area contributed by atoms with Crippen LogP contribution >= 0.6 is 11.6 Å². The van der Waals surface area contributed by atoms with Crippen molar-refractivity contribution in [2.45, 2.75) is 11.4 Å². The first-order valence-corrected chi connectivity index (χ1v) is 7.42. The van der Waals surface area contributed by atoms with Gasteiger partial charge >= 0.3 is 5.97 Å². The van der Waals surface area contributed by atoms with Crippen molar-refractivity contribution < 1.29 is 27.1 Å². The van der Waals surface area contributed by atoms with Gasteiger partial charge in [-0.1, -0.05) is 11.6 Å². The van der Waals surface area contributed by atoms with Crippen LogP contribution in [0, 0.1) is 5.82 Å². The molecule has 0 radical (unpaired) electrons. The number of furan rings is 1. The fourth-order valence-electron chi connectivity index (χ4n) is 1.54. The lowest BCUT2D eigenvalue weighted by atomic mass is 10.2. The van der Waals surface area contributed by atoms with Crippen molar-refractivity contribution in [1.82, 2.24) is 4.72 Å². The zero-order valence-electron chi connectivity index (χ0n) is 10.3. The molecule has 0 amide bonds. The number of aromatic carboxylic acids is 1. The summed E-state index contributed by atoms with van der Waals surface area (Å²) in [6.45, 7) is -0.151. The molecule has 21 heavy (non-hydrogen) atoms. The maximum atomic E-state index is 13.5. The molecule has 2 aromatic rings. The first-order chi connectivity index (χ1) is 9.81. The summed E-state index contributed by atoms with van der Waals surface area (Å²) in [5, 5.41) is 8.23. The van der Waals surface area contributed by atoms with Crippen molar-refractivity contribution in [3.8, 4) is 0 Å². The van der Waals surface area contributed by atoms with Crippen molar-refractivity contribution in [3.05, 3.63) is 52.7 Å². The van der Waals surface area contributed by atoms with Gasteiger partial charge in [0, 0.05) is 0 Å². The van der Waals surface area contributed by atoms with Crippen LogP contribution in [0.4, 0.5) is 4.39 Å². The molecule has 0 atom stereocenters. The zero-order chi connectivity index (χ0) is 15.6. The summed E-state index contributed by atoms with van der Waals surface area (Å²) in [7, 11) is -4.10. The van der Waals surface area contributed by atoms with Gasteiger partial charge in [-0.15, -0.1) is 0 Å². The Hall–Kier alpha value is -1.90. The van der Waals surface area contributed by atoms with E-state index in [9.17, 15) is 17.6 Å². The van der Waals surface area contributed by atoms with Crippen LogP contribution in [0.15, 0.2) is 39.8 Å². The van der Waals surface area contributed by atoms with Crippen LogP contribution < -0.4 is 4.72 Å². The lowest BCUT2D eigenvalue weighted by Crippen LogP contribution is -2.23. The van der Waals surface area contributed by atoms with Crippen LogP contribution in [-0.4, -0.2) is 19.5 Å². The average Bonchev–Trinajstić information content (AvgIpc) is 2.92. The number of sulfonamides is 1. The molecule has 9 heteroatoms. The fourth-order valence-corrected chi connectivity index (χ4v) is 2.76. The lowest BCUT2D eigenvalue weighted by molar-refractivity contribution is 0.0696. The van der Waals surface area contributed by atoms with E-state index in [0.717, 1.165) is 6.07 Å². The van der Waals surface area contributed by atoms with E-state index < -0.39 is 37.3 Å². The highest BCUT2D eigenvalue weighted by Gasteiger charge is 2.22. The first-order valence-electron chi connectivity index (χ1n) is 5.55. The lowest BCUT2D eigenvalue weighted by Gasteiger charge is -2.08. The highest BCUT2D eigenvalue weighted by molar-refractivity contribution is 7.89. The monoisotopic (exact) mass is 333 g/mol. The van der Waals surface area contributed by atoms with Crippen molar-refractivity contribution in [2.75, 3.05) is 0 Å². The van der Waals surface area contributed by atoms with E-state index in [0.29, 0.717) is 11.8 Å². The topological polar surface area (TPSA) is 96.6 Å². The molecular formula is C12H9ClFNO5S. The molecule has 6 nitrogen and oxygen atoms in total. The Morgan fingerprint density at radius 3 is 2.71 bits per heavy atom. The van der Waals surface area contributed by atoms with Gasteiger partial charge in [0.2, 0.25) is 10.0 Å². The van der Waals surface area contributed by atoms with Gasteiger partial charge in [0.05, 0.1) is 28.3 Å². The third-order valence-corrected chi connectivity index (χ3v) is 4.32. The van der Waals surface area contributed by atoms with Crippen LogP contribution in [0.5, 0.6) is 0 Å². The largest absolute Gasteiger partial charge is 0.478 e. The molecule has 1 aromatic heterocycles. The Morgan fingerprint density at radius 1 is 1.43 bits per heavy atom. The number of carboxylic acids is 1. The van der Waals surface area contributed by atoms with Crippen molar-refractivity contribution in [3.63, 3.8) is 0 Å². The molecule has 2 rings (SSSR count). The van der Waals surface area contributed by atoms with Gasteiger partial charge in [0.1, 0.15) is 11.6 Å². The number of halogens is 2. The van der Waals surface area contributed by atoms with Crippen molar-refractivity contribution in [2.24, 2.45) is 0 Å². The Balaban J connectivity index is 2.33. The summed E-state index contributed by atoms with van der Waals surface area (Å²) >= 11 is 5.48. The summed E-state index contributed by atoms with van der Waals surface area (Å²) in [5.74, 6) is -2.30. The summed E-state index contributed by atoms with van der Waals surface area (Å²) in [4.78, 5) is 10.4. The van der Waals surface area contributed by atoms with Gasteiger partial charge in [0.15, 0.2) is 0 Å². The van der Waals surface area contributed by atoms with Gasteiger partial charge in [-0.25, -0.2) is 22.3 Å². The second-order valence-electron chi connectivity index (χ2n) is 3.98. The van der Waals surface area contributed by atoms with Crippen LogP contribution in [0.1, 0.15) is 16.1 Å². The minimum absolute atomic E-state index is 0.151. The Labute approximate surface area is 124 Å². The molecule has 0 spiro atoms. The van der Waals surface area contributed by atoms with E-state index in [4.69, 9.17) is 21.1 Å². The highest BCUT2D eigenvalue weighted by atomic mass is 35.5. The first kappa shape index (κ1) is 15.5. The molecule has 0 saturated heterocycles. The Kier molecular flexibility index (Phi) is 4.31. The predicted molar refractivity (Wildman–Crippen MR) is 71.1 cm³/mol. The van der Waals surface area contributed by atoms with E-state index in [1.54, 1.807) is 12.1 Å². The van der Waals surface area contributed by atoms with Gasteiger partial charge in [-0.2, -0.15) is 0 Å². The SMILES string of the molecule is O=C(O)c1cc(S(=O)(=O)NCc2ccco2)cc(F)c1Cl. The number of carboxylic acid groups (broad SMARTS) is 1. The van der Waals surface area contributed by atoms with Crippen LogP contribution in [0.3, 0.4) is 0 Å². The highest BCUT2D eigenvalue weighted by Crippen LogP contribution is 2.24. The summed E-state index contributed by atoms with van der Waals surface area (Å²) in [6, 6.07) is 4.57. The minimum atomic E-state index is -4.10. The van der Waals surface area contributed by atoms with E-state index in [1.807, 2.05) is 0 Å². The van der Waals surface area contributed by atoms with Gasteiger partial charge < -0.3 is 9.52 Å². The van der Waals surface area contributed by atoms with Gasteiger partial charge in [-0.3, -0.25) is 0 Å². The number of benzene rings is 1. The number of nitrogens with one attached hydrogen (secondary N) is 1. The average molecular weight is 334 g/mol. The van der Waals surface area contributed by atoms with Gasteiger partial charge in [0.25, 0.3) is 0 Å². The summed E-state index contributed by atoms with van der Waals surface area (Å²) in [5.41, 5.74) is -0.630. The summed E-state index contributed by atoms with van der Waals surface area (Å²) in [6.07, 6.45) is 1.37. The quantitative estimate of drug-likeness (QED) is 0.874. The molecule has 1 aromatic carbocycles. The molecular weight excluding hydrogens is 325 g/mol. The van der Waals surface area contributed by atoms with Gasteiger partial charge in [-0.05, 0) is 24.3 Å². The van der Waals surface area contributed by atoms with E-state index in [2.05, 4.69) is 4.72 Å². The third-order valence-electron chi connectivity index (χ3n) is 2.56. The van der Waals surface area contributed by atoms with Crippen molar-refractivity contribution >= 4 is 27.6 Å². The molecule has 112 valence electrons. The minimum Gasteiger partial charge on any atom is -0.478 e. The zero-order valence-corrected chi connectivity index (χ0v) is 11.9. The number of hydrogen-bond acceptors (Lipinski definition) is 4. The predicted octanol–water partition coefficient (Wildman–Crippen LogP) is 2.25. The molecule has 1 heterocycles. The van der Waals surface area contributed by atoms with E-state index in [-0.39, 0.29) is 6.54 Å². The third kappa shape index (κ3) is 3.41. The summed E-state index contributed by atoms with van der Waals surface area (Å²) < 4.78 is 44.7. The van der Waals surface area contributed by atoms with E-state index >= 15 is 0 Å². The fraction of sp³-hybridized carbons (Fsp3) is 0.0833. The standard InChI is InChI=1S/C12H9ClFNO5S/c13-11-9(12(16)17)4-8(5-10(11)14)21(18,19)15-6-7-2-1-3-20-7/h1-5,15H,6H2,(H,16,17).